The monoisotopic (exact) mass is 405 g/mol. The van der Waals surface area contributed by atoms with E-state index in [4.69, 9.17) is 11.6 Å². The van der Waals surface area contributed by atoms with Crippen molar-refractivity contribution in [3.05, 3.63) is 73.2 Å². The highest BCUT2D eigenvalue weighted by molar-refractivity contribution is 9.10. The number of hydrogen-bond acceptors (Lipinski definition) is 4. The van der Waals surface area contributed by atoms with E-state index in [-0.39, 0.29) is 11.3 Å². The number of nitro groups is 1. The zero-order chi connectivity index (χ0) is 17.7. The van der Waals surface area contributed by atoms with Crippen molar-refractivity contribution in [3.63, 3.8) is 0 Å². The minimum absolute atomic E-state index is 0.109. The first-order chi connectivity index (χ1) is 11.4. The molecule has 0 fully saturated rings. The Morgan fingerprint density at radius 3 is 2.50 bits per heavy atom. The van der Waals surface area contributed by atoms with Crippen LogP contribution in [0.2, 0.25) is 5.02 Å². The fourth-order valence-electron chi connectivity index (χ4n) is 1.78. The van der Waals surface area contributed by atoms with Crippen LogP contribution in [-0.4, -0.2) is 10.8 Å². The molecule has 0 spiro atoms. The summed E-state index contributed by atoms with van der Waals surface area (Å²) in [5.41, 5.74) is 0.747. The molecule has 2 aromatic rings. The molecule has 0 bridgehead atoms. The van der Waals surface area contributed by atoms with Crippen LogP contribution in [0.25, 0.3) is 6.08 Å². The molecule has 0 unspecified atom stereocenters. The summed E-state index contributed by atoms with van der Waals surface area (Å²) in [4.78, 5) is 22.4. The van der Waals surface area contributed by atoms with Gasteiger partial charge in [0.15, 0.2) is 0 Å². The molecule has 0 saturated carbocycles. The van der Waals surface area contributed by atoms with Gasteiger partial charge in [-0.1, -0.05) is 23.7 Å². The van der Waals surface area contributed by atoms with Gasteiger partial charge in [0.25, 0.3) is 11.6 Å². The van der Waals surface area contributed by atoms with Crippen molar-refractivity contribution in [1.82, 2.24) is 0 Å². The number of carbonyl (C=O) groups excluding carboxylic acids is 1. The van der Waals surface area contributed by atoms with Crippen molar-refractivity contribution in [2.24, 2.45) is 0 Å². The van der Waals surface area contributed by atoms with Crippen LogP contribution in [0, 0.1) is 21.4 Å². The van der Waals surface area contributed by atoms with Crippen LogP contribution in [0.5, 0.6) is 0 Å². The number of nitriles is 1. The lowest BCUT2D eigenvalue weighted by Gasteiger charge is -2.06. The van der Waals surface area contributed by atoms with Crippen molar-refractivity contribution >= 4 is 50.9 Å². The molecule has 0 aromatic heterocycles. The van der Waals surface area contributed by atoms with Crippen LogP contribution in [-0.2, 0) is 4.79 Å². The third-order valence-electron chi connectivity index (χ3n) is 2.96. The lowest BCUT2D eigenvalue weighted by Crippen LogP contribution is -2.13. The smallest absolute Gasteiger partial charge is 0.270 e. The Bertz CT molecular complexity index is 873. The Balaban J connectivity index is 2.22. The van der Waals surface area contributed by atoms with Crippen LogP contribution in [0.1, 0.15) is 5.56 Å². The van der Waals surface area contributed by atoms with E-state index in [0.717, 1.165) is 0 Å². The van der Waals surface area contributed by atoms with Gasteiger partial charge in [0.2, 0.25) is 0 Å². The molecule has 6 nitrogen and oxygen atoms in total. The van der Waals surface area contributed by atoms with Gasteiger partial charge in [0.05, 0.1) is 10.6 Å². The number of carbonyl (C=O) groups is 1. The standard InChI is InChI=1S/C16H9BrClN3O3/c17-14-8-13(21(23)24)5-6-15(14)20-16(22)11(9-19)7-10-1-3-12(18)4-2-10/h1-8H,(H,20,22)/b11-7-. The summed E-state index contributed by atoms with van der Waals surface area (Å²) in [6.07, 6.45) is 1.42. The average Bonchev–Trinajstić information content (AvgIpc) is 2.55. The van der Waals surface area contributed by atoms with Gasteiger partial charge in [-0.15, -0.1) is 0 Å². The highest BCUT2D eigenvalue weighted by atomic mass is 79.9. The van der Waals surface area contributed by atoms with E-state index in [0.29, 0.717) is 20.7 Å². The Labute approximate surface area is 150 Å². The molecule has 0 radical (unpaired) electrons. The number of rotatable bonds is 4. The number of amides is 1. The van der Waals surface area contributed by atoms with Crippen molar-refractivity contribution in [2.45, 2.75) is 0 Å². The van der Waals surface area contributed by atoms with Crippen LogP contribution in [0.4, 0.5) is 11.4 Å². The second-order valence-corrected chi connectivity index (χ2v) is 5.89. The van der Waals surface area contributed by atoms with E-state index in [2.05, 4.69) is 21.2 Å². The van der Waals surface area contributed by atoms with Crippen molar-refractivity contribution < 1.29 is 9.72 Å². The van der Waals surface area contributed by atoms with Crippen LogP contribution in [0.3, 0.4) is 0 Å². The number of halogens is 2. The number of nitrogens with zero attached hydrogens (tertiary/aromatic N) is 2. The Morgan fingerprint density at radius 2 is 1.96 bits per heavy atom. The minimum Gasteiger partial charge on any atom is -0.320 e. The van der Waals surface area contributed by atoms with Gasteiger partial charge in [0.1, 0.15) is 11.6 Å². The van der Waals surface area contributed by atoms with Gasteiger partial charge in [-0.2, -0.15) is 5.26 Å². The van der Waals surface area contributed by atoms with E-state index < -0.39 is 10.8 Å². The minimum atomic E-state index is -0.623. The maximum absolute atomic E-state index is 12.2. The maximum Gasteiger partial charge on any atom is 0.270 e. The van der Waals surface area contributed by atoms with Gasteiger partial charge in [-0.25, -0.2) is 0 Å². The normalized spacial score (nSPS) is 10.8. The van der Waals surface area contributed by atoms with Crippen LogP contribution >= 0.6 is 27.5 Å². The van der Waals surface area contributed by atoms with Gasteiger partial charge in [-0.05, 0) is 45.8 Å². The molecular formula is C16H9BrClN3O3. The molecule has 0 atom stereocenters. The highest BCUT2D eigenvalue weighted by Crippen LogP contribution is 2.27. The molecule has 1 N–H and O–H groups in total. The van der Waals surface area contributed by atoms with Gasteiger partial charge in [0, 0.05) is 21.6 Å². The summed E-state index contributed by atoms with van der Waals surface area (Å²) in [7, 11) is 0. The molecule has 0 saturated heterocycles. The zero-order valence-electron chi connectivity index (χ0n) is 12.0. The van der Waals surface area contributed by atoms with E-state index >= 15 is 0 Å². The van der Waals surface area contributed by atoms with E-state index in [1.165, 1.54) is 24.3 Å². The lowest BCUT2D eigenvalue weighted by atomic mass is 10.1. The van der Waals surface area contributed by atoms with Crippen LogP contribution < -0.4 is 5.32 Å². The molecular weight excluding hydrogens is 398 g/mol. The second-order valence-electron chi connectivity index (χ2n) is 4.60. The molecule has 24 heavy (non-hydrogen) atoms. The molecule has 0 aliphatic rings. The summed E-state index contributed by atoms with van der Waals surface area (Å²) < 4.78 is 0.342. The number of non-ortho nitro benzene ring substituents is 1. The van der Waals surface area contributed by atoms with E-state index in [1.54, 1.807) is 24.3 Å². The number of nitrogens with one attached hydrogen (secondary N) is 1. The number of hydrogen-bond donors (Lipinski definition) is 1. The largest absolute Gasteiger partial charge is 0.320 e. The number of anilines is 1. The molecule has 0 aliphatic heterocycles. The molecule has 0 heterocycles. The Kier molecular flexibility index (Phi) is 5.68. The topological polar surface area (TPSA) is 96.0 Å². The lowest BCUT2D eigenvalue weighted by molar-refractivity contribution is -0.384. The van der Waals surface area contributed by atoms with Crippen molar-refractivity contribution in [3.8, 4) is 6.07 Å². The van der Waals surface area contributed by atoms with Gasteiger partial charge in [-0.3, -0.25) is 14.9 Å². The van der Waals surface area contributed by atoms with Gasteiger partial charge < -0.3 is 5.32 Å². The summed E-state index contributed by atoms with van der Waals surface area (Å²) in [6, 6.07) is 12.4. The SMILES string of the molecule is N#C/C(=C/c1ccc(Cl)cc1)C(=O)Nc1ccc([N+](=O)[O-])cc1Br. The Morgan fingerprint density at radius 1 is 1.29 bits per heavy atom. The molecule has 8 heteroatoms. The van der Waals surface area contributed by atoms with Crippen molar-refractivity contribution in [2.75, 3.05) is 5.32 Å². The summed E-state index contributed by atoms with van der Waals surface area (Å²) in [6.45, 7) is 0. The molecule has 120 valence electrons. The zero-order valence-corrected chi connectivity index (χ0v) is 14.3. The predicted molar refractivity (Wildman–Crippen MR) is 94.5 cm³/mol. The molecule has 2 rings (SSSR count). The molecule has 2 aromatic carbocycles. The summed E-state index contributed by atoms with van der Waals surface area (Å²) in [5, 5.41) is 23.0. The second kappa shape index (κ2) is 7.73. The third-order valence-corrected chi connectivity index (χ3v) is 3.87. The summed E-state index contributed by atoms with van der Waals surface area (Å²) in [5.74, 6) is -0.623. The van der Waals surface area contributed by atoms with Gasteiger partial charge >= 0.3 is 0 Å². The average molecular weight is 407 g/mol. The van der Waals surface area contributed by atoms with Crippen LogP contribution in [0.15, 0.2) is 52.5 Å². The number of benzene rings is 2. The Hall–Kier alpha value is -2.69. The highest BCUT2D eigenvalue weighted by Gasteiger charge is 2.14. The number of nitro benzene ring substituents is 1. The first kappa shape index (κ1) is 17.7. The predicted octanol–water partition coefficient (Wildman–Crippen LogP) is 4.56. The summed E-state index contributed by atoms with van der Waals surface area (Å²) >= 11 is 8.94. The molecule has 0 aliphatic carbocycles. The third kappa shape index (κ3) is 4.41. The first-order valence-corrected chi connectivity index (χ1v) is 7.70. The first-order valence-electron chi connectivity index (χ1n) is 6.53. The maximum atomic E-state index is 12.2. The fraction of sp³-hybridized carbons (Fsp3) is 0. The van der Waals surface area contributed by atoms with E-state index in [1.807, 2.05) is 6.07 Å². The molecule has 1 amide bonds. The van der Waals surface area contributed by atoms with Crippen molar-refractivity contribution in [1.29, 1.82) is 5.26 Å². The van der Waals surface area contributed by atoms with E-state index in [9.17, 15) is 20.2 Å². The quantitative estimate of drug-likeness (QED) is 0.348. The fourth-order valence-corrected chi connectivity index (χ4v) is 2.37.